The van der Waals surface area contributed by atoms with Gasteiger partial charge in [0.1, 0.15) is 17.3 Å². The molecule has 6 nitrogen and oxygen atoms in total. The molecule has 1 fully saturated rings. The van der Waals surface area contributed by atoms with Gasteiger partial charge in [0.2, 0.25) is 0 Å². The highest BCUT2D eigenvalue weighted by Crippen LogP contribution is 2.21. The number of hydrogen-bond acceptors (Lipinski definition) is 4. The summed E-state index contributed by atoms with van der Waals surface area (Å²) in [7, 11) is 0. The fourth-order valence-corrected chi connectivity index (χ4v) is 3.50. The first-order chi connectivity index (χ1) is 13.4. The lowest BCUT2D eigenvalue weighted by atomic mass is 9.96. The van der Waals surface area contributed by atoms with Crippen molar-refractivity contribution < 1.29 is 18.4 Å². The van der Waals surface area contributed by atoms with E-state index in [1.165, 1.54) is 29.8 Å². The van der Waals surface area contributed by atoms with Crippen LogP contribution in [0.3, 0.4) is 0 Å². The van der Waals surface area contributed by atoms with E-state index in [0.29, 0.717) is 12.5 Å². The van der Waals surface area contributed by atoms with Gasteiger partial charge >= 0.3 is 11.8 Å². The summed E-state index contributed by atoms with van der Waals surface area (Å²) < 4.78 is 18.7. The first kappa shape index (κ1) is 20.1. The lowest BCUT2D eigenvalue weighted by molar-refractivity contribution is -0.136. The van der Waals surface area contributed by atoms with Gasteiger partial charge in [-0.25, -0.2) is 4.39 Å². The van der Waals surface area contributed by atoms with Gasteiger partial charge in [0.05, 0.1) is 0 Å². The van der Waals surface area contributed by atoms with Crippen LogP contribution in [0.25, 0.3) is 0 Å². The minimum atomic E-state index is -0.783. The molecular formula is C21H26FN3O3. The zero-order valence-corrected chi connectivity index (χ0v) is 16.3. The van der Waals surface area contributed by atoms with Crippen LogP contribution in [0.15, 0.2) is 34.7 Å². The smallest absolute Gasteiger partial charge is 0.313 e. The third kappa shape index (κ3) is 5.42. The Morgan fingerprint density at radius 2 is 1.93 bits per heavy atom. The lowest BCUT2D eigenvalue weighted by Crippen LogP contribution is -2.41. The number of amides is 2. The Hall–Kier alpha value is -2.67. The number of nitrogens with one attached hydrogen (secondary N) is 2. The van der Waals surface area contributed by atoms with Gasteiger partial charge in [-0.2, -0.15) is 0 Å². The number of nitrogens with zero attached hydrogens (tertiary/aromatic N) is 1. The Labute approximate surface area is 164 Å². The fourth-order valence-electron chi connectivity index (χ4n) is 3.50. The molecule has 1 aliphatic heterocycles. The number of carbonyl (C=O) groups is 2. The predicted molar refractivity (Wildman–Crippen MR) is 104 cm³/mol. The molecular weight excluding hydrogens is 361 g/mol. The highest BCUT2D eigenvalue weighted by molar-refractivity contribution is 6.39. The molecule has 2 amide bonds. The van der Waals surface area contributed by atoms with Gasteiger partial charge in [0, 0.05) is 24.3 Å². The van der Waals surface area contributed by atoms with Crippen LogP contribution in [-0.2, 0) is 16.1 Å². The van der Waals surface area contributed by atoms with Crippen molar-refractivity contribution in [1.29, 1.82) is 0 Å². The van der Waals surface area contributed by atoms with Crippen LogP contribution < -0.4 is 10.6 Å². The summed E-state index contributed by atoms with van der Waals surface area (Å²) in [6.45, 7) is 7.17. The van der Waals surface area contributed by atoms with Crippen LogP contribution in [-0.4, -0.2) is 36.3 Å². The van der Waals surface area contributed by atoms with Crippen molar-refractivity contribution >= 4 is 17.5 Å². The van der Waals surface area contributed by atoms with Crippen LogP contribution in [0.4, 0.5) is 10.1 Å². The maximum absolute atomic E-state index is 13.1. The van der Waals surface area contributed by atoms with E-state index in [1.807, 2.05) is 13.8 Å². The minimum Gasteiger partial charge on any atom is -0.466 e. The zero-order valence-electron chi connectivity index (χ0n) is 16.3. The average Bonchev–Trinajstić information content (AvgIpc) is 2.97. The molecule has 2 N–H and O–H groups in total. The fraction of sp³-hybridized carbons (Fsp3) is 0.429. The number of hydrogen-bond donors (Lipinski definition) is 2. The monoisotopic (exact) mass is 387 g/mol. The third-order valence-corrected chi connectivity index (χ3v) is 5.08. The minimum absolute atomic E-state index is 0.262. The first-order valence-corrected chi connectivity index (χ1v) is 9.53. The summed E-state index contributed by atoms with van der Waals surface area (Å²) in [5.41, 5.74) is 1.48. The topological polar surface area (TPSA) is 74.6 Å². The number of likely N-dealkylation sites (tertiary alicyclic amines) is 1. The van der Waals surface area contributed by atoms with E-state index in [-0.39, 0.29) is 5.69 Å². The van der Waals surface area contributed by atoms with E-state index >= 15 is 0 Å². The molecule has 1 aromatic carbocycles. The van der Waals surface area contributed by atoms with Crippen molar-refractivity contribution in [1.82, 2.24) is 10.2 Å². The van der Waals surface area contributed by atoms with Crippen molar-refractivity contribution in [3.05, 3.63) is 53.2 Å². The van der Waals surface area contributed by atoms with Crippen molar-refractivity contribution in [3.8, 4) is 0 Å². The van der Waals surface area contributed by atoms with Crippen molar-refractivity contribution in [2.45, 2.75) is 33.2 Å². The van der Waals surface area contributed by atoms with Gasteiger partial charge in [-0.3, -0.25) is 14.5 Å². The van der Waals surface area contributed by atoms with E-state index in [1.54, 1.807) is 0 Å². The van der Waals surface area contributed by atoms with Crippen LogP contribution >= 0.6 is 0 Å². The molecule has 1 aromatic heterocycles. The van der Waals surface area contributed by atoms with Gasteiger partial charge in [-0.1, -0.05) is 6.07 Å². The number of benzene rings is 1. The van der Waals surface area contributed by atoms with Crippen molar-refractivity contribution in [2.24, 2.45) is 5.92 Å². The number of halogens is 1. The average molecular weight is 387 g/mol. The van der Waals surface area contributed by atoms with Gasteiger partial charge in [-0.05, 0) is 70.0 Å². The molecule has 2 aromatic rings. The van der Waals surface area contributed by atoms with Crippen LogP contribution in [0.1, 0.15) is 29.9 Å². The van der Waals surface area contributed by atoms with E-state index in [2.05, 4.69) is 21.6 Å². The molecule has 0 saturated carbocycles. The van der Waals surface area contributed by atoms with E-state index in [4.69, 9.17) is 4.42 Å². The summed E-state index contributed by atoms with van der Waals surface area (Å²) in [5.74, 6) is 0.294. The summed E-state index contributed by atoms with van der Waals surface area (Å²) in [6.07, 6.45) is 1.92. The second-order valence-electron chi connectivity index (χ2n) is 7.33. The number of aryl methyl sites for hydroxylation is 2. The Morgan fingerprint density at radius 1 is 1.18 bits per heavy atom. The second kappa shape index (κ2) is 9.01. The standard InChI is InChI=1S/C21H26FN3O3/c1-14-10-17(15(2)28-14)13-25-8-6-16(7-9-25)12-23-20(26)21(27)24-19-5-3-4-18(22)11-19/h3-5,10-11,16H,6-9,12-13H2,1-2H3,(H,23,26)(H,24,27). The second-order valence-corrected chi connectivity index (χ2v) is 7.33. The molecule has 0 aliphatic carbocycles. The van der Waals surface area contributed by atoms with Crippen LogP contribution in [0, 0.1) is 25.6 Å². The Morgan fingerprint density at radius 3 is 2.57 bits per heavy atom. The maximum atomic E-state index is 13.1. The quantitative estimate of drug-likeness (QED) is 0.774. The predicted octanol–water partition coefficient (Wildman–Crippen LogP) is 3.00. The van der Waals surface area contributed by atoms with Gasteiger partial charge < -0.3 is 15.1 Å². The molecule has 2 heterocycles. The van der Waals surface area contributed by atoms with Crippen LogP contribution in [0.5, 0.6) is 0 Å². The maximum Gasteiger partial charge on any atom is 0.313 e. The molecule has 7 heteroatoms. The molecule has 1 aliphatic rings. The van der Waals surface area contributed by atoms with Crippen LogP contribution in [0.2, 0.25) is 0 Å². The molecule has 28 heavy (non-hydrogen) atoms. The van der Waals surface area contributed by atoms with E-state index in [0.717, 1.165) is 44.0 Å². The molecule has 0 unspecified atom stereocenters. The lowest BCUT2D eigenvalue weighted by Gasteiger charge is -2.31. The summed E-state index contributed by atoms with van der Waals surface area (Å²) in [5, 5.41) is 5.09. The zero-order chi connectivity index (χ0) is 20.1. The van der Waals surface area contributed by atoms with Gasteiger partial charge in [-0.15, -0.1) is 0 Å². The largest absolute Gasteiger partial charge is 0.466 e. The normalized spacial score (nSPS) is 15.4. The number of rotatable bonds is 5. The number of anilines is 1. The summed E-state index contributed by atoms with van der Waals surface area (Å²) >= 11 is 0. The number of carbonyl (C=O) groups excluding carboxylic acids is 2. The number of furan rings is 1. The highest BCUT2D eigenvalue weighted by atomic mass is 19.1. The van der Waals surface area contributed by atoms with E-state index in [9.17, 15) is 14.0 Å². The molecule has 0 radical (unpaired) electrons. The Kier molecular flexibility index (Phi) is 6.46. The SMILES string of the molecule is Cc1cc(CN2CCC(CNC(=O)C(=O)Nc3cccc(F)c3)CC2)c(C)o1. The van der Waals surface area contributed by atoms with Crippen molar-refractivity contribution in [3.63, 3.8) is 0 Å². The first-order valence-electron chi connectivity index (χ1n) is 9.53. The van der Waals surface area contributed by atoms with Gasteiger partial charge in [0.15, 0.2) is 0 Å². The molecule has 1 saturated heterocycles. The Balaban J connectivity index is 1.39. The molecule has 3 rings (SSSR count). The molecule has 0 atom stereocenters. The summed E-state index contributed by atoms with van der Waals surface area (Å²) in [6, 6.07) is 7.54. The Bertz CT molecular complexity index is 841. The van der Waals surface area contributed by atoms with Gasteiger partial charge in [0.25, 0.3) is 0 Å². The van der Waals surface area contributed by atoms with E-state index < -0.39 is 17.6 Å². The molecule has 0 spiro atoms. The number of piperidine rings is 1. The highest BCUT2D eigenvalue weighted by Gasteiger charge is 2.22. The van der Waals surface area contributed by atoms with Crippen molar-refractivity contribution in [2.75, 3.05) is 25.0 Å². The summed E-state index contributed by atoms with van der Waals surface area (Å²) in [4.78, 5) is 26.3. The molecule has 0 bridgehead atoms. The molecule has 150 valence electrons. The third-order valence-electron chi connectivity index (χ3n) is 5.08.